The van der Waals surface area contributed by atoms with Crippen LogP contribution < -0.4 is 9.80 Å². The van der Waals surface area contributed by atoms with Crippen molar-refractivity contribution in [3.05, 3.63) is 200 Å². The third-order valence-electron chi connectivity index (χ3n) is 11.9. The maximum atomic E-state index is 7.09. The van der Waals surface area contributed by atoms with Gasteiger partial charge in [0.1, 0.15) is 33.4 Å². The van der Waals surface area contributed by atoms with Crippen LogP contribution in [0.4, 0.5) is 34.1 Å². The zero-order chi connectivity index (χ0) is 40.7. The van der Waals surface area contributed by atoms with Gasteiger partial charge in [0.05, 0.1) is 17.1 Å². The quantitative estimate of drug-likeness (QED) is 0.159. The van der Waals surface area contributed by atoms with Crippen molar-refractivity contribution in [2.75, 3.05) is 9.80 Å². The molecule has 0 aliphatic rings. The van der Waals surface area contributed by atoms with E-state index in [0.29, 0.717) is 17.0 Å². The molecule has 9 aromatic carbocycles. The summed E-state index contributed by atoms with van der Waals surface area (Å²) in [7, 11) is 0. The highest BCUT2D eigenvalue weighted by atomic mass is 16.4. The van der Waals surface area contributed by atoms with Crippen molar-refractivity contribution in [2.45, 2.75) is 0 Å². The van der Waals surface area contributed by atoms with Gasteiger partial charge in [-0.3, -0.25) is 0 Å². The van der Waals surface area contributed by atoms with Crippen LogP contribution in [0.1, 0.15) is 0 Å². The van der Waals surface area contributed by atoms with Gasteiger partial charge in [0.15, 0.2) is 11.2 Å². The van der Waals surface area contributed by atoms with E-state index in [9.17, 15) is 0 Å². The van der Waals surface area contributed by atoms with Crippen LogP contribution in [-0.2, 0) is 0 Å². The van der Waals surface area contributed by atoms with Crippen LogP contribution in [0.25, 0.3) is 88.4 Å². The van der Waals surface area contributed by atoms with E-state index in [1.807, 2.05) is 72.8 Å². The van der Waals surface area contributed by atoms with Gasteiger partial charge in [-0.2, -0.15) is 0 Å². The molecule has 7 nitrogen and oxygen atoms in total. The van der Waals surface area contributed by atoms with Gasteiger partial charge < -0.3 is 27.5 Å². The third kappa shape index (κ3) is 5.28. The molecule has 0 N–H and O–H groups in total. The number of nitrogens with zero attached hydrogens (tertiary/aromatic N) is 3. The standard InChI is InChI=1S/C55H33N3O4/c1-3-15-34(16-4-1)57(36-29-30-50-43(31-36)39-20-8-10-25-47(39)59-50)37-32-44-54(62-55(56-44)42-23-14-28-51-52(42)41-21-9-12-27-49(41)60-51)46(33-37)58(35-17-5-2-6-18-35)45-24-13-22-40-38-19-7-11-26-48(38)61-53(40)45/h1-33H. The van der Waals surface area contributed by atoms with Gasteiger partial charge in [-0.15, -0.1) is 0 Å². The summed E-state index contributed by atoms with van der Waals surface area (Å²) >= 11 is 0. The van der Waals surface area contributed by atoms with Gasteiger partial charge in [0.25, 0.3) is 0 Å². The molecule has 0 bridgehead atoms. The Kier molecular flexibility index (Phi) is 7.47. The molecule has 0 saturated heterocycles. The zero-order valence-electron chi connectivity index (χ0n) is 33.0. The summed E-state index contributed by atoms with van der Waals surface area (Å²) in [4.78, 5) is 9.86. The maximum absolute atomic E-state index is 7.09. The van der Waals surface area contributed by atoms with Crippen LogP contribution in [0.2, 0.25) is 0 Å². The Balaban J connectivity index is 1.12. The van der Waals surface area contributed by atoms with Crippen molar-refractivity contribution in [1.82, 2.24) is 4.98 Å². The van der Waals surface area contributed by atoms with Crippen LogP contribution in [0.5, 0.6) is 0 Å². The summed E-state index contributed by atoms with van der Waals surface area (Å²) in [5.74, 6) is 0.489. The van der Waals surface area contributed by atoms with Crippen LogP contribution in [0.15, 0.2) is 218 Å². The summed E-state index contributed by atoms with van der Waals surface area (Å²) in [6, 6.07) is 68.3. The number of oxazole rings is 1. The number of rotatable bonds is 7. The lowest BCUT2D eigenvalue weighted by Crippen LogP contribution is -2.13. The summed E-state index contributed by atoms with van der Waals surface area (Å²) in [6.45, 7) is 0. The van der Waals surface area contributed by atoms with Crippen LogP contribution in [0, 0.1) is 0 Å². The lowest BCUT2D eigenvalue weighted by molar-refractivity contribution is 0.620. The van der Waals surface area contributed by atoms with E-state index >= 15 is 0 Å². The Hall–Kier alpha value is -8.55. The highest BCUT2D eigenvalue weighted by molar-refractivity contribution is 6.14. The topological polar surface area (TPSA) is 71.9 Å². The van der Waals surface area contributed by atoms with Gasteiger partial charge >= 0.3 is 0 Å². The molecule has 0 saturated carbocycles. The third-order valence-corrected chi connectivity index (χ3v) is 11.9. The van der Waals surface area contributed by atoms with E-state index < -0.39 is 0 Å². The molecule has 13 aromatic rings. The Bertz CT molecular complexity index is 3840. The smallest absolute Gasteiger partial charge is 0.228 e. The van der Waals surface area contributed by atoms with Crippen LogP contribution in [0.3, 0.4) is 0 Å². The molecule has 0 aliphatic carbocycles. The Morgan fingerprint density at radius 1 is 0.323 bits per heavy atom. The number of hydrogen-bond acceptors (Lipinski definition) is 7. The molecule has 7 heteroatoms. The summed E-state index contributed by atoms with van der Waals surface area (Å²) in [5.41, 5.74) is 12.4. The largest absolute Gasteiger partial charge is 0.456 e. The van der Waals surface area contributed by atoms with Gasteiger partial charge in [0.2, 0.25) is 5.89 Å². The molecule has 0 unspecified atom stereocenters. The predicted molar refractivity (Wildman–Crippen MR) is 251 cm³/mol. The molecule has 4 aromatic heterocycles. The molecule has 0 fully saturated rings. The summed E-state index contributed by atoms with van der Waals surface area (Å²) in [5, 5.41) is 6.12. The van der Waals surface area contributed by atoms with Crippen molar-refractivity contribution in [2.24, 2.45) is 0 Å². The van der Waals surface area contributed by atoms with Gasteiger partial charge in [0, 0.05) is 54.9 Å². The minimum absolute atomic E-state index is 0.489. The Morgan fingerprint density at radius 3 is 1.68 bits per heavy atom. The van der Waals surface area contributed by atoms with Gasteiger partial charge in [-0.05, 0) is 91.0 Å². The molecule has 62 heavy (non-hydrogen) atoms. The minimum Gasteiger partial charge on any atom is -0.456 e. The van der Waals surface area contributed by atoms with Crippen molar-refractivity contribution >= 4 is 111 Å². The van der Waals surface area contributed by atoms with E-state index in [2.05, 4.69) is 137 Å². The fourth-order valence-electron chi connectivity index (χ4n) is 9.13. The number of aromatic nitrogens is 1. The molecule has 0 spiro atoms. The molecule has 292 valence electrons. The fourth-order valence-corrected chi connectivity index (χ4v) is 9.13. The lowest BCUT2D eigenvalue weighted by atomic mass is 10.1. The second-order valence-corrected chi connectivity index (χ2v) is 15.5. The first-order chi connectivity index (χ1) is 30.7. The number of hydrogen-bond donors (Lipinski definition) is 0. The molecule has 0 amide bonds. The highest BCUT2D eigenvalue weighted by Gasteiger charge is 2.27. The van der Waals surface area contributed by atoms with E-state index in [1.165, 1.54) is 0 Å². The first-order valence-electron chi connectivity index (χ1n) is 20.6. The number of anilines is 6. The number of furan rings is 3. The van der Waals surface area contributed by atoms with E-state index in [1.54, 1.807) is 0 Å². The van der Waals surface area contributed by atoms with Crippen molar-refractivity contribution in [1.29, 1.82) is 0 Å². The number of benzene rings is 9. The van der Waals surface area contributed by atoms with Crippen molar-refractivity contribution in [3.63, 3.8) is 0 Å². The summed E-state index contributed by atoms with van der Waals surface area (Å²) in [6.07, 6.45) is 0. The normalized spacial score (nSPS) is 11.9. The Labute approximate surface area is 353 Å². The average molecular weight is 800 g/mol. The predicted octanol–water partition coefficient (Wildman–Crippen LogP) is 16.1. The highest BCUT2D eigenvalue weighted by Crippen LogP contribution is 2.49. The molecular formula is C55H33N3O4. The minimum atomic E-state index is 0.489. The summed E-state index contributed by atoms with van der Waals surface area (Å²) < 4.78 is 26.5. The van der Waals surface area contributed by atoms with E-state index in [-0.39, 0.29) is 0 Å². The molecule has 0 aliphatic heterocycles. The number of para-hydroxylation sites is 6. The maximum Gasteiger partial charge on any atom is 0.228 e. The second-order valence-electron chi connectivity index (χ2n) is 15.5. The van der Waals surface area contributed by atoms with E-state index in [0.717, 1.165) is 106 Å². The lowest BCUT2D eigenvalue weighted by Gasteiger charge is -2.29. The Morgan fingerprint density at radius 2 is 0.903 bits per heavy atom. The van der Waals surface area contributed by atoms with Crippen molar-refractivity contribution < 1.29 is 17.7 Å². The van der Waals surface area contributed by atoms with E-state index in [4.69, 9.17) is 22.7 Å². The molecule has 4 heterocycles. The van der Waals surface area contributed by atoms with Gasteiger partial charge in [-0.25, -0.2) is 4.98 Å². The molecular weight excluding hydrogens is 767 g/mol. The van der Waals surface area contributed by atoms with Crippen LogP contribution in [-0.4, -0.2) is 4.98 Å². The zero-order valence-corrected chi connectivity index (χ0v) is 33.0. The second kappa shape index (κ2) is 13.5. The number of fused-ring (bicyclic) bond motifs is 10. The first kappa shape index (κ1) is 34.3. The molecule has 13 rings (SSSR count). The molecule has 0 atom stereocenters. The van der Waals surface area contributed by atoms with Crippen molar-refractivity contribution in [3.8, 4) is 11.5 Å². The monoisotopic (exact) mass is 799 g/mol. The average Bonchev–Trinajstić information content (AvgIpc) is 4.12. The van der Waals surface area contributed by atoms with Crippen LogP contribution >= 0.6 is 0 Å². The fraction of sp³-hybridized carbons (Fsp3) is 0. The molecule has 0 radical (unpaired) electrons. The SMILES string of the molecule is c1ccc(N(c2cc(N(c3ccccc3)c3cccc4c3oc3ccccc34)c3oc(-c4cccc5oc6ccccc6c45)nc3c2)c2ccc3oc4ccccc4c3c2)cc1. The first-order valence-corrected chi connectivity index (χ1v) is 20.6. The van der Waals surface area contributed by atoms with Gasteiger partial charge in [-0.1, -0.05) is 109 Å².